The molecular weight excluding hydrogens is 982 g/mol. The number of ether oxygens (including phenoxy) is 2. The van der Waals surface area contributed by atoms with Gasteiger partial charge < -0.3 is 49.9 Å². The zero-order chi connectivity index (χ0) is 65.9. The van der Waals surface area contributed by atoms with Crippen LogP contribution >= 0.6 is 19.2 Å². The van der Waals surface area contributed by atoms with Crippen LogP contribution in [0.15, 0.2) is 11.8 Å². The lowest BCUT2D eigenvalue weighted by molar-refractivity contribution is -0.254. The van der Waals surface area contributed by atoms with Crippen molar-refractivity contribution in [3.8, 4) is 0 Å². The van der Waals surface area contributed by atoms with Gasteiger partial charge in [0, 0.05) is 64.3 Å². The maximum atomic E-state index is 11.6. The molecule has 0 saturated heterocycles. The lowest BCUT2D eigenvalue weighted by Crippen LogP contribution is -2.41. The zero-order valence-corrected chi connectivity index (χ0v) is 46.8. The highest BCUT2D eigenvalue weighted by Crippen LogP contribution is 2.51. The van der Waals surface area contributed by atoms with Crippen LogP contribution in [0.25, 0.3) is 0 Å². The van der Waals surface area contributed by atoms with Gasteiger partial charge in [0.05, 0.1) is 35.7 Å². The van der Waals surface area contributed by atoms with E-state index in [1.54, 1.807) is 27.7 Å². The van der Waals surface area contributed by atoms with Crippen LogP contribution in [0, 0.1) is 35.4 Å². The summed E-state index contributed by atoms with van der Waals surface area (Å²) in [6, 6.07) is -3.51. The van der Waals surface area contributed by atoms with Gasteiger partial charge in [-0.3, -0.25) is 38.3 Å². The van der Waals surface area contributed by atoms with Crippen LogP contribution in [0.5, 0.6) is 0 Å². The number of methoxy groups -OCH3 is 2. The smallest absolute Gasteiger partial charge is 0.357 e. The fourth-order valence-corrected chi connectivity index (χ4v) is 4.11. The number of carbonyl (C=O) groups excluding carboxylic acids is 7. The minimum absolute atomic E-state index is 0.000000000000000222. The summed E-state index contributed by atoms with van der Waals surface area (Å²) in [4.78, 5) is 109. The number of hydroxylamine groups is 2. The first-order chi connectivity index (χ1) is 35.0. The number of aldehydes is 1. The molecule has 70 heavy (non-hydrogen) atoms. The number of halogens is 1. The molecule has 0 aromatic carbocycles. The van der Waals surface area contributed by atoms with Crippen molar-refractivity contribution in [3.05, 3.63) is 11.8 Å². The summed E-state index contributed by atoms with van der Waals surface area (Å²) in [5.41, 5.74) is 4.04. The Morgan fingerprint density at radius 1 is 0.714 bits per heavy atom. The van der Waals surface area contributed by atoms with E-state index in [1.165, 1.54) is 138 Å². The molecule has 0 spiro atoms. The standard InChI is InChI=1S/C9H17NO3.C9H15NO3.2C6H13NO2.C6H13O6P.C4H8O2.C4H8O.CH3Cl/c2*1-6(2)5-8(9(12)13-4)10-7(3)11;1-5(2)6(8)7(3)9-4;1-4(2)3-5(7)6(8)9;1-5(6(7)12-9-2)13(8,10-3)11-4;1-3(2)4(5)6;1-4(2)3-5;1-2/h6,8H,5H2,1-4H3,(H,10,11);5-6H,1-4H3,(H,10,11);5H,1-4H3;4-5H,3,7H2,1-2H3,(H,8,9);5H,1-4H3;3H,1-2H3,(H,5,6);3-4H,1-2H3;1H3/b;8-5-;;;;;;/t8-;;;5-;;;;/m0..0..../s1/i1+1,5+1D,6D,10+1;1+1,5+1,6D,10+1;1+1,5D,6+1;1+1,3+1D,4D,5D,7+1;;1+1,3D,4+1;1+1,3+1,4D;/t5-,6?,8+;;;3-,4?,5+;;;;/m1..1..... The Morgan fingerprint density at radius 3 is 1.33 bits per heavy atom. The van der Waals surface area contributed by atoms with Crippen molar-refractivity contribution in [2.75, 3.05) is 56.1 Å². The molecule has 416 valence electrons. The largest absolute Gasteiger partial charge is 0.481 e. The number of nitrogens with zero attached hydrogens (tertiary/aromatic N) is 1. The number of carboxylic acids is 2. The highest BCUT2D eigenvalue weighted by atomic mass is 35.5. The molecule has 0 aliphatic heterocycles. The molecule has 11 atom stereocenters. The number of hydrogen-bond donors (Lipinski definition) is 5. The predicted octanol–water partition coefficient (Wildman–Crippen LogP) is 6.04. The topological polar surface area (TPSA) is 329 Å². The van der Waals surface area contributed by atoms with Crippen LogP contribution in [-0.2, 0) is 80.8 Å². The van der Waals surface area contributed by atoms with Crippen LogP contribution in [0.3, 0.4) is 0 Å². The number of carbonyl (C=O) groups is 9. The Bertz CT molecular complexity index is 1930. The monoisotopic (exact) mass is 1080 g/mol. The number of esters is 2. The zero-order valence-electron chi connectivity index (χ0n) is 54.1. The predicted molar refractivity (Wildman–Crippen MR) is 267 cm³/mol. The number of hydrogen-bond acceptors (Lipinski definition) is 18. The first-order valence-corrected chi connectivity index (χ1v) is 22.5. The summed E-state index contributed by atoms with van der Waals surface area (Å²) in [6.45, 7) is 21.6. The quantitative estimate of drug-likeness (QED) is 0.0113. The molecule has 0 aliphatic carbocycles. The molecule has 25 heteroatoms. The lowest BCUT2D eigenvalue weighted by Gasteiger charge is -2.17. The second-order valence-corrected chi connectivity index (χ2v) is 17.0. The van der Waals surface area contributed by atoms with Crippen LogP contribution in [-0.4, -0.2) is 143 Å². The minimum atomic E-state index is -3.41. The van der Waals surface area contributed by atoms with E-state index in [4.69, 9.17) is 28.3 Å². The molecule has 0 aromatic heterocycles. The molecule has 0 saturated carbocycles. The molecule has 0 fully saturated rings. The third-order valence-corrected chi connectivity index (χ3v) is 8.47. The number of nitrogens with one attached hydrogen (secondary N) is 2. The lowest BCUT2D eigenvalue weighted by atomic mass is 10.3. The number of amides is 3. The van der Waals surface area contributed by atoms with Crippen molar-refractivity contribution >= 4 is 73.1 Å². The van der Waals surface area contributed by atoms with E-state index in [2.05, 4.69) is 55.4 Å². The number of carboxylic acid groups (broad SMARTS) is 2. The summed E-state index contributed by atoms with van der Waals surface area (Å²) in [7, 11) is 5.43. The van der Waals surface area contributed by atoms with E-state index >= 15 is 0 Å². The molecule has 3 amide bonds. The van der Waals surface area contributed by atoms with Gasteiger partial charge in [-0.2, -0.15) is 4.89 Å². The summed E-state index contributed by atoms with van der Waals surface area (Å²) in [5, 5.41) is 22.2. The Kier molecular flexibility index (Phi) is 44.8. The van der Waals surface area contributed by atoms with Crippen molar-refractivity contribution in [2.45, 2.75) is 134 Å². The maximum Gasteiger partial charge on any atom is 0.357 e. The number of aliphatic carboxylic acids is 2. The van der Waals surface area contributed by atoms with E-state index in [1.807, 2.05) is 0 Å². The first kappa shape index (κ1) is 61.6. The van der Waals surface area contributed by atoms with Gasteiger partial charge in [0.15, 0.2) is 5.66 Å². The van der Waals surface area contributed by atoms with Gasteiger partial charge in [-0.05, 0) is 37.4 Å². The Morgan fingerprint density at radius 2 is 1.13 bits per heavy atom. The van der Waals surface area contributed by atoms with Crippen LogP contribution in [0.2, 0.25) is 0 Å². The van der Waals surface area contributed by atoms with Gasteiger partial charge in [-0.15, -0.1) is 11.6 Å². The number of nitrogens with two attached hydrogens (primary N) is 1. The molecule has 0 radical (unpaired) electrons. The third kappa shape index (κ3) is 56.1. The highest BCUT2D eigenvalue weighted by molar-refractivity contribution is 7.55. The van der Waals surface area contributed by atoms with Crippen LogP contribution in [0.4, 0.5) is 0 Å². The molecule has 6 N–H and O–H groups in total. The highest BCUT2D eigenvalue weighted by Gasteiger charge is 2.37. The number of allylic oxidation sites excluding steroid dienone is 1. The van der Waals surface area contributed by atoms with E-state index < -0.39 is 109 Å². The van der Waals surface area contributed by atoms with Gasteiger partial charge in [-0.1, -0.05) is 89.2 Å². The second kappa shape index (κ2) is 50.9. The molecule has 0 heterocycles. The van der Waals surface area contributed by atoms with E-state index in [-0.39, 0.29) is 17.5 Å². The Hall–Kier alpha value is -4.51. The SMILES string of the molecule is CCl.COOC(=O)C(C)P(=O)(OC)OC.[2H]C(C)([13CH3])/[13CH]=C(\[15NH]C(C)=O)C(=O)OC.[2H]C(C)([13CH3])[13CH]=O.[2H]C(C)([13CH3])[13C](=O)N(C)OC.[2H]C(C)([13CH3])[13C](=O)O.[2H][13C@@H]([C@H]([15NH]C(C)=O)C(=O)OC)C([2H])(C)[13CH3].[2H][13C@H](C([2H])(C)[13CH3])[C@]([2H])([15NH2])C(=O)O. The fourth-order valence-electron chi connectivity index (χ4n) is 3.02. The van der Waals surface area contributed by atoms with E-state index in [0.717, 1.165) is 5.06 Å². The van der Waals surface area contributed by atoms with E-state index in [9.17, 15) is 47.7 Å². The minimum Gasteiger partial charge on any atom is -0.481 e. The van der Waals surface area contributed by atoms with Gasteiger partial charge in [0.2, 0.25) is 17.7 Å². The van der Waals surface area contributed by atoms with Crippen molar-refractivity contribution in [2.24, 2.45) is 41.1 Å². The normalized spacial score (nSPS) is 19.7. The van der Waals surface area contributed by atoms with E-state index in [0.29, 0.717) is 6.29 Å². The molecule has 7 unspecified atom stereocenters. The maximum absolute atomic E-state index is 11.6. The van der Waals surface area contributed by atoms with Crippen LogP contribution in [0.1, 0.15) is 129 Å². The number of rotatable bonds is 19. The first-order valence-electron chi connectivity index (χ1n) is 24.8. The Balaban J connectivity index is -0.000000125. The average molecular weight is 1080 g/mol. The summed E-state index contributed by atoms with van der Waals surface area (Å²) < 4.78 is 95.2. The van der Waals surface area contributed by atoms with Gasteiger partial charge in [0.1, 0.15) is 24.0 Å². The van der Waals surface area contributed by atoms with Gasteiger partial charge in [0.25, 0.3) is 0 Å². The molecule has 0 rings (SSSR count). The molecule has 0 aromatic rings. The molecular formula is C45H90ClN4O19P. The molecule has 23 nitrogen and oxygen atoms in total. The molecule has 0 aliphatic rings. The van der Waals surface area contributed by atoms with Crippen molar-refractivity contribution in [3.63, 3.8) is 0 Å². The second-order valence-electron chi connectivity index (χ2n) is 14.4. The van der Waals surface area contributed by atoms with Crippen molar-refractivity contribution in [1.29, 1.82) is 0 Å². The van der Waals surface area contributed by atoms with Gasteiger partial charge >= 0.3 is 37.4 Å². The number of alkyl halides is 1. The third-order valence-electron chi connectivity index (χ3n) is 6.29. The fraction of sp³-hybridized carbons (Fsp3) is 0.756. The summed E-state index contributed by atoms with van der Waals surface area (Å²) in [6.07, 6.45) is 0.851. The average Bonchev–Trinajstić information content (AvgIpc) is 3.30. The summed E-state index contributed by atoms with van der Waals surface area (Å²) >= 11 is 4.64. The van der Waals surface area contributed by atoms with Crippen LogP contribution < -0.4 is 16.4 Å². The Labute approximate surface area is 434 Å². The molecule has 0 bridgehead atoms. The van der Waals surface area contributed by atoms with Gasteiger partial charge in [-0.25, -0.2) is 19.4 Å². The summed E-state index contributed by atoms with van der Waals surface area (Å²) in [5.74, 6) is -12.7. The van der Waals surface area contributed by atoms with Crippen molar-refractivity contribution in [1.82, 2.24) is 15.7 Å². The van der Waals surface area contributed by atoms with Crippen molar-refractivity contribution < 1.29 is 103 Å².